The van der Waals surface area contributed by atoms with E-state index in [1.807, 2.05) is 11.8 Å². The first kappa shape index (κ1) is 9.86. The van der Waals surface area contributed by atoms with Gasteiger partial charge in [-0.1, -0.05) is 0 Å². The molecule has 0 amide bonds. The van der Waals surface area contributed by atoms with Crippen molar-refractivity contribution < 1.29 is 9.53 Å². The predicted octanol–water partition coefficient (Wildman–Crippen LogP) is 0.772. The van der Waals surface area contributed by atoms with Crippen LogP contribution in [0, 0.1) is 0 Å². The number of nitrogens with two attached hydrogens (primary N) is 1. The summed E-state index contributed by atoms with van der Waals surface area (Å²) in [5.41, 5.74) is 5.62. The molecule has 4 heteroatoms. The molecule has 0 radical (unpaired) electrons. The van der Waals surface area contributed by atoms with Crippen LogP contribution >= 0.6 is 11.8 Å². The highest BCUT2D eigenvalue weighted by molar-refractivity contribution is 8.00. The highest BCUT2D eigenvalue weighted by Gasteiger charge is 2.22. The van der Waals surface area contributed by atoms with Crippen LogP contribution in [0.3, 0.4) is 0 Å². The summed E-state index contributed by atoms with van der Waals surface area (Å²) in [7, 11) is 1.38. The zero-order chi connectivity index (χ0) is 8.97. The van der Waals surface area contributed by atoms with Crippen LogP contribution in [-0.4, -0.2) is 30.1 Å². The van der Waals surface area contributed by atoms with Gasteiger partial charge in [0.1, 0.15) is 6.04 Å². The van der Waals surface area contributed by atoms with Gasteiger partial charge < -0.3 is 10.5 Å². The Morgan fingerprint density at radius 3 is 3.08 bits per heavy atom. The number of esters is 1. The summed E-state index contributed by atoms with van der Waals surface area (Å²) in [5, 5.41) is 0.569. The highest BCUT2D eigenvalue weighted by atomic mass is 32.2. The van der Waals surface area contributed by atoms with Crippen LogP contribution in [0.25, 0.3) is 0 Å². The van der Waals surface area contributed by atoms with Crippen LogP contribution in [0.15, 0.2) is 0 Å². The minimum atomic E-state index is -0.425. The number of methoxy groups -OCH3 is 1. The second kappa shape index (κ2) is 4.72. The van der Waals surface area contributed by atoms with E-state index in [1.54, 1.807) is 0 Å². The molecular weight excluding hydrogens is 174 g/mol. The predicted molar refractivity (Wildman–Crippen MR) is 50.1 cm³/mol. The van der Waals surface area contributed by atoms with E-state index in [4.69, 9.17) is 5.73 Å². The molecule has 2 atom stereocenters. The van der Waals surface area contributed by atoms with E-state index in [-0.39, 0.29) is 5.97 Å². The molecule has 0 spiro atoms. The molecule has 3 nitrogen and oxygen atoms in total. The molecular formula is C8H15NO2S. The van der Waals surface area contributed by atoms with Gasteiger partial charge >= 0.3 is 5.97 Å². The Kier molecular flexibility index (Phi) is 3.88. The number of ether oxygens (including phenoxy) is 1. The topological polar surface area (TPSA) is 52.3 Å². The SMILES string of the molecule is COC(=O)C(N)CC1CCCS1. The molecule has 0 aromatic rings. The second-order valence-corrected chi connectivity index (χ2v) is 4.41. The lowest BCUT2D eigenvalue weighted by atomic mass is 10.1. The lowest BCUT2D eigenvalue weighted by Crippen LogP contribution is -2.33. The van der Waals surface area contributed by atoms with E-state index in [9.17, 15) is 4.79 Å². The van der Waals surface area contributed by atoms with E-state index in [0.29, 0.717) is 5.25 Å². The third kappa shape index (κ3) is 2.68. The summed E-state index contributed by atoms with van der Waals surface area (Å²) in [6.45, 7) is 0. The van der Waals surface area contributed by atoms with Crippen LogP contribution in [0.1, 0.15) is 19.3 Å². The molecule has 0 aromatic carbocycles. The van der Waals surface area contributed by atoms with Crippen LogP contribution in [-0.2, 0) is 9.53 Å². The van der Waals surface area contributed by atoms with Gasteiger partial charge in [0.05, 0.1) is 7.11 Å². The quantitative estimate of drug-likeness (QED) is 0.666. The zero-order valence-corrected chi connectivity index (χ0v) is 8.10. The number of hydrogen-bond donors (Lipinski definition) is 1. The first-order valence-electron chi connectivity index (χ1n) is 4.19. The average molecular weight is 189 g/mol. The minimum absolute atomic E-state index is 0.289. The number of carbonyl (C=O) groups excluding carboxylic acids is 1. The molecule has 2 N–H and O–H groups in total. The van der Waals surface area contributed by atoms with Crippen LogP contribution in [0.5, 0.6) is 0 Å². The molecule has 2 unspecified atom stereocenters. The van der Waals surface area contributed by atoms with Crippen molar-refractivity contribution in [2.24, 2.45) is 5.73 Å². The van der Waals surface area contributed by atoms with Crippen molar-refractivity contribution in [2.75, 3.05) is 12.9 Å². The van der Waals surface area contributed by atoms with Gasteiger partial charge in [-0.15, -0.1) is 0 Å². The fraction of sp³-hybridized carbons (Fsp3) is 0.875. The van der Waals surface area contributed by atoms with E-state index in [0.717, 1.165) is 6.42 Å². The standard InChI is InChI=1S/C8H15NO2S/c1-11-8(10)7(9)5-6-3-2-4-12-6/h6-7H,2-5,9H2,1H3. The Morgan fingerprint density at radius 1 is 1.83 bits per heavy atom. The fourth-order valence-corrected chi connectivity index (χ4v) is 2.70. The van der Waals surface area contributed by atoms with Gasteiger partial charge in [0.25, 0.3) is 0 Å². The lowest BCUT2D eigenvalue weighted by molar-refractivity contribution is -0.142. The van der Waals surface area contributed by atoms with Gasteiger partial charge in [-0.2, -0.15) is 11.8 Å². The molecule has 1 aliphatic rings. The van der Waals surface area contributed by atoms with E-state index in [1.165, 1.54) is 25.7 Å². The van der Waals surface area contributed by atoms with Gasteiger partial charge in [0.2, 0.25) is 0 Å². The first-order chi connectivity index (χ1) is 5.74. The Balaban J connectivity index is 2.24. The van der Waals surface area contributed by atoms with Crippen molar-refractivity contribution >= 4 is 17.7 Å². The van der Waals surface area contributed by atoms with Crippen molar-refractivity contribution in [2.45, 2.75) is 30.6 Å². The van der Waals surface area contributed by atoms with Crippen molar-refractivity contribution in [3.63, 3.8) is 0 Å². The van der Waals surface area contributed by atoms with Crippen molar-refractivity contribution in [3.8, 4) is 0 Å². The normalized spacial score (nSPS) is 25.3. The first-order valence-corrected chi connectivity index (χ1v) is 5.24. The van der Waals surface area contributed by atoms with E-state index < -0.39 is 6.04 Å². The number of thioether (sulfide) groups is 1. The van der Waals surface area contributed by atoms with Crippen molar-refractivity contribution in [3.05, 3.63) is 0 Å². The molecule has 1 rings (SSSR count). The molecule has 70 valence electrons. The van der Waals surface area contributed by atoms with Crippen LogP contribution in [0.4, 0.5) is 0 Å². The molecule has 0 saturated carbocycles. The van der Waals surface area contributed by atoms with Crippen molar-refractivity contribution in [1.82, 2.24) is 0 Å². The van der Waals surface area contributed by atoms with Crippen molar-refractivity contribution in [1.29, 1.82) is 0 Å². The van der Waals surface area contributed by atoms with Crippen LogP contribution < -0.4 is 5.73 Å². The largest absolute Gasteiger partial charge is 0.468 e. The summed E-state index contributed by atoms with van der Waals surface area (Å²) >= 11 is 1.91. The van der Waals surface area contributed by atoms with Gasteiger partial charge in [0.15, 0.2) is 0 Å². The summed E-state index contributed by atoms with van der Waals surface area (Å²) < 4.78 is 4.55. The molecule has 0 bridgehead atoms. The monoisotopic (exact) mass is 189 g/mol. The Bertz CT molecular complexity index is 157. The fourth-order valence-electron chi connectivity index (χ4n) is 1.36. The molecule has 1 aliphatic heterocycles. The Morgan fingerprint density at radius 2 is 2.58 bits per heavy atom. The maximum Gasteiger partial charge on any atom is 0.322 e. The summed E-state index contributed by atoms with van der Waals surface area (Å²) in [5.74, 6) is 0.918. The molecule has 0 aromatic heterocycles. The Labute approximate surface area is 77.0 Å². The highest BCUT2D eigenvalue weighted by Crippen LogP contribution is 2.29. The Hall–Kier alpha value is -0.220. The molecule has 1 heterocycles. The van der Waals surface area contributed by atoms with Gasteiger partial charge in [0, 0.05) is 5.25 Å². The number of hydrogen-bond acceptors (Lipinski definition) is 4. The smallest absolute Gasteiger partial charge is 0.322 e. The van der Waals surface area contributed by atoms with Crippen LogP contribution in [0.2, 0.25) is 0 Å². The van der Waals surface area contributed by atoms with Gasteiger partial charge in [-0.3, -0.25) is 4.79 Å². The zero-order valence-electron chi connectivity index (χ0n) is 7.29. The third-order valence-electron chi connectivity index (χ3n) is 2.04. The third-order valence-corrected chi connectivity index (χ3v) is 3.47. The second-order valence-electron chi connectivity index (χ2n) is 3.00. The summed E-state index contributed by atoms with van der Waals surface area (Å²) in [6, 6.07) is -0.425. The number of carbonyl (C=O) groups is 1. The summed E-state index contributed by atoms with van der Waals surface area (Å²) in [4.78, 5) is 10.9. The molecule has 0 aliphatic carbocycles. The molecule has 1 fully saturated rings. The maximum atomic E-state index is 10.9. The van der Waals surface area contributed by atoms with E-state index >= 15 is 0 Å². The van der Waals surface area contributed by atoms with Gasteiger partial charge in [-0.25, -0.2) is 0 Å². The number of rotatable bonds is 3. The average Bonchev–Trinajstić information content (AvgIpc) is 2.55. The molecule has 12 heavy (non-hydrogen) atoms. The lowest BCUT2D eigenvalue weighted by Gasteiger charge is -2.12. The summed E-state index contributed by atoms with van der Waals surface area (Å²) in [6.07, 6.45) is 3.20. The van der Waals surface area contributed by atoms with Gasteiger partial charge in [-0.05, 0) is 25.0 Å². The maximum absolute atomic E-state index is 10.9. The minimum Gasteiger partial charge on any atom is -0.468 e. The van der Waals surface area contributed by atoms with E-state index in [2.05, 4.69) is 4.74 Å². The molecule has 1 saturated heterocycles.